The van der Waals surface area contributed by atoms with Gasteiger partial charge >= 0.3 is 0 Å². The van der Waals surface area contributed by atoms with Gasteiger partial charge in [0.1, 0.15) is 5.75 Å². The highest BCUT2D eigenvalue weighted by Crippen LogP contribution is 2.29. The van der Waals surface area contributed by atoms with Crippen LogP contribution in [0.4, 0.5) is 0 Å². The molecule has 0 spiro atoms. The number of nitrogens with one attached hydrogen (secondary N) is 1. The number of ether oxygens (including phenoxy) is 1. The number of methoxy groups -OCH3 is 1. The van der Waals surface area contributed by atoms with Crippen LogP contribution in [0, 0.1) is 0 Å². The highest BCUT2D eigenvalue weighted by atomic mass is 16.5. The fraction of sp³-hybridized carbons (Fsp3) is 0.529. The summed E-state index contributed by atoms with van der Waals surface area (Å²) >= 11 is 0. The van der Waals surface area contributed by atoms with Crippen LogP contribution in [-0.4, -0.2) is 14.2 Å². The van der Waals surface area contributed by atoms with Crippen molar-refractivity contribution < 1.29 is 4.74 Å². The van der Waals surface area contributed by atoms with Gasteiger partial charge < -0.3 is 10.1 Å². The summed E-state index contributed by atoms with van der Waals surface area (Å²) in [5, 5.41) is 3.46. The van der Waals surface area contributed by atoms with E-state index in [-0.39, 0.29) is 0 Å². The Balaban J connectivity index is 2.16. The van der Waals surface area contributed by atoms with Crippen LogP contribution >= 0.6 is 0 Å². The van der Waals surface area contributed by atoms with E-state index >= 15 is 0 Å². The van der Waals surface area contributed by atoms with Gasteiger partial charge in [0, 0.05) is 0 Å². The maximum atomic E-state index is 5.23. The Kier molecular flexibility index (Phi) is 5.46. The van der Waals surface area contributed by atoms with Gasteiger partial charge in [0.2, 0.25) is 0 Å². The van der Waals surface area contributed by atoms with Gasteiger partial charge in [0.25, 0.3) is 0 Å². The molecule has 1 aliphatic carbocycles. The summed E-state index contributed by atoms with van der Waals surface area (Å²) in [5.41, 5.74) is 2.88. The maximum absolute atomic E-state index is 5.23. The fourth-order valence-corrected chi connectivity index (χ4v) is 2.84. The normalized spacial score (nSPS) is 20.8. The molecule has 2 nitrogen and oxygen atoms in total. The molecule has 1 N–H and O–H groups in total. The fourth-order valence-electron chi connectivity index (χ4n) is 2.84. The molecule has 0 saturated carbocycles. The van der Waals surface area contributed by atoms with Gasteiger partial charge in [-0.15, -0.1) is 0 Å². The van der Waals surface area contributed by atoms with Gasteiger partial charge in [-0.1, -0.05) is 36.6 Å². The van der Waals surface area contributed by atoms with E-state index < -0.39 is 0 Å². The quantitative estimate of drug-likeness (QED) is 0.817. The minimum atomic E-state index is 0.351. The minimum Gasteiger partial charge on any atom is -0.497 e. The molecule has 1 atom stereocenters. The molecule has 1 aromatic rings. The third-order valence-corrected chi connectivity index (χ3v) is 3.93. The number of hydrogen-bond donors (Lipinski definition) is 1. The van der Waals surface area contributed by atoms with E-state index in [9.17, 15) is 0 Å². The van der Waals surface area contributed by atoms with Gasteiger partial charge in [-0.2, -0.15) is 0 Å². The molecule has 2 rings (SSSR count). The molecule has 0 aliphatic heterocycles. The van der Waals surface area contributed by atoms with Crippen molar-refractivity contribution >= 4 is 0 Å². The molecule has 0 saturated heterocycles. The lowest BCUT2D eigenvalue weighted by Gasteiger charge is -2.22. The topological polar surface area (TPSA) is 21.3 Å². The minimum absolute atomic E-state index is 0.351. The van der Waals surface area contributed by atoms with Gasteiger partial charge in [0.15, 0.2) is 0 Å². The monoisotopic (exact) mass is 259 g/mol. The SMILES string of the molecule is CNC(/C1=C/CCCCCC1)c1ccc(OC)cc1. The summed E-state index contributed by atoms with van der Waals surface area (Å²) in [5.74, 6) is 0.922. The van der Waals surface area contributed by atoms with E-state index in [1.165, 1.54) is 44.1 Å². The third-order valence-electron chi connectivity index (χ3n) is 3.93. The molecular formula is C17H25NO. The van der Waals surface area contributed by atoms with E-state index in [0.29, 0.717) is 6.04 Å². The number of rotatable bonds is 4. The predicted molar refractivity (Wildman–Crippen MR) is 80.6 cm³/mol. The van der Waals surface area contributed by atoms with Crippen molar-refractivity contribution in [3.05, 3.63) is 41.5 Å². The van der Waals surface area contributed by atoms with Gasteiger partial charge in [-0.25, -0.2) is 0 Å². The lowest BCUT2D eigenvalue weighted by atomic mass is 9.91. The summed E-state index contributed by atoms with van der Waals surface area (Å²) in [4.78, 5) is 0. The number of benzene rings is 1. The molecule has 104 valence electrons. The number of likely N-dealkylation sites (N-methyl/N-ethyl adjacent to an activating group) is 1. The molecule has 0 fully saturated rings. The smallest absolute Gasteiger partial charge is 0.118 e. The molecule has 0 aromatic heterocycles. The van der Waals surface area contributed by atoms with Gasteiger partial charge in [0.05, 0.1) is 13.2 Å². The Morgan fingerprint density at radius 3 is 2.47 bits per heavy atom. The first-order valence-corrected chi connectivity index (χ1v) is 7.35. The summed E-state index contributed by atoms with van der Waals surface area (Å²) in [7, 11) is 3.76. The zero-order valence-corrected chi connectivity index (χ0v) is 12.1. The lowest BCUT2D eigenvalue weighted by molar-refractivity contribution is 0.414. The van der Waals surface area contributed by atoms with E-state index in [0.717, 1.165) is 5.75 Å². The standard InChI is InChI=1S/C17H25NO/c1-18-17(14-8-6-4-3-5-7-9-14)15-10-12-16(19-2)13-11-15/h8,10-13,17-18H,3-7,9H2,1-2H3/b14-8+. The van der Waals surface area contributed by atoms with Crippen LogP contribution in [0.3, 0.4) is 0 Å². The van der Waals surface area contributed by atoms with Crippen molar-refractivity contribution in [1.29, 1.82) is 0 Å². The van der Waals surface area contributed by atoms with E-state index in [2.05, 4.69) is 30.6 Å². The van der Waals surface area contributed by atoms with E-state index in [1.807, 2.05) is 12.1 Å². The van der Waals surface area contributed by atoms with Crippen molar-refractivity contribution in [2.45, 2.75) is 44.6 Å². The predicted octanol–water partition coefficient (Wildman–Crippen LogP) is 4.24. The average molecular weight is 259 g/mol. The highest BCUT2D eigenvalue weighted by molar-refractivity contribution is 5.33. The average Bonchev–Trinajstić information content (AvgIpc) is 2.42. The first-order chi connectivity index (χ1) is 9.35. The second-order valence-corrected chi connectivity index (χ2v) is 5.23. The number of hydrogen-bond acceptors (Lipinski definition) is 2. The molecule has 19 heavy (non-hydrogen) atoms. The zero-order valence-electron chi connectivity index (χ0n) is 12.1. The van der Waals surface area contributed by atoms with Crippen LogP contribution in [0.25, 0.3) is 0 Å². The summed E-state index contributed by atoms with van der Waals surface area (Å²) in [6, 6.07) is 8.77. The molecule has 1 aromatic carbocycles. The second kappa shape index (κ2) is 7.34. The molecule has 1 unspecified atom stereocenters. The van der Waals surface area contributed by atoms with Crippen molar-refractivity contribution in [1.82, 2.24) is 5.32 Å². The Morgan fingerprint density at radius 2 is 1.79 bits per heavy atom. The Hall–Kier alpha value is -1.28. The largest absolute Gasteiger partial charge is 0.497 e. The Labute approximate surface area is 116 Å². The molecule has 0 heterocycles. The first-order valence-electron chi connectivity index (χ1n) is 7.35. The Bertz CT molecular complexity index is 408. The summed E-state index contributed by atoms with van der Waals surface area (Å²) < 4.78 is 5.23. The van der Waals surface area contributed by atoms with Crippen LogP contribution in [0.2, 0.25) is 0 Å². The van der Waals surface area contributed by atoms with Crippen LogP contribution in [-0.2, 0) is 0 Å². The van der Waals surface area contributed by atoms with Gasteiger partial charge in [-0.3, -0.25) is 0 Å². The van der Waals surface area contributed by atoms with Crippen molar-refractivity contribution in [3.8, 4) is 5.75 Å². The van der Waals surface area contributed by atoms with Crippen LogP contribution in [0.5, 0.6) is 5.75 Å². The molecule has 0 radical (unpaired) electrons. The molecule has 1 aliphatic rings. The molecule has 2 heteroatoms. The van der Waals surface area contributed by atoms with Crippen LogP contribution in [0.15, 0.2) is 35.9 Å². The zero-order chi connectivity index (χ0) is 13.5. The second-order valence-electron chi connectivity index (χ2n) is 5.23. The molecule has 0 amide bonds. The highest BCUT2D eigenvalue weighted by Gasteiger charge is 2.15. The van der Waals surface area contributed by atoms with Gasteiger partial charge in [-0.05, 0) is 50.4 Å². The van der Waals surface area contributed by atoms with E-state index in [4.69, 9.17) is 4.74 Å². The maximum Gasteiger partial charge on any atom is 0.118 e. The Morgan fingerprint density at radius 1 is 1.05 bits per heavy atom. The van der Waals surface area contributed by atoms with Crippen molar-refractivity contribution in [2.24, 2.45) is 0 Å². The molecular weight excluding hydrogens is 234 g/mol. The molecule has 0 bridgehead atoms. The van der Waals surface area contributed by atoms with Crippen molar-refractivity contribution in [2.75, 3.05) is 14.2 Å². The summed E-state index contributed by atoms with van der Waals surface area (Å²) in [6.45, 7) is 0. The van der Waals surface area contributed by atoms with E-state index in [1.54, 1.807) is 12.7 Å². The first kappa shape index (κ1) is 14.1. The lowest BCUT2D eigenvalue weighted by Crippen LogP contribution is -2.19. The number of allylic oxidation sites excluding steroid dienone is 1. The van der Waals surface area contributed by atoms with Crippen molar-refractivity contribution in [3.63, 3.8) is 0 Å². The summed E-state index contributed by atoms with van der Waals surface area (Å²) in [6.07, 6.45) is 10.3. The van der Waals surface area contributed by atoms with Crippen LogP contribution in [0.1, 0.15) is 50.1 Å². The third kappa shape index (κ3) is 3.84. The van der Waals surface area contributed by atoms with Crippen LogP contribution < -0.4 is 10.1 Å².